The van der Waals surface area contributed by atoms with Crippen molar-refractivity contribution in [1.29, 1.82) is 0 Å². The molecule has 3 rings (SSSR count). The van der Waals surface area contributed by atoms with E-state index in [4.69, 9.17) is 16.7 Å². The average molecular weight is 335 g/mol. The lowest BCUT2D eigenvalue weighted by molar-refractivity contribution is -0.147. The third-order valence-corrected chi connectivity index (χ3v) is 4.82. The molecule has 1 fully saturated rings. The first-order valence-corrected chi connectivity index (χ1v) is 8.10. The van der Waals surface area contributed by atoms with Gasteiger partial charge in [-0.25, -0.2) is 0 Å². The number of carboxylic acids is 1. The number of benzene rings is 1. The third kappa shape index (κ3) is 3.20. The Balaban J connectivity index is 1.74. The van der Waals surface area contributed by atoms with Crippen LogP contribution in [-0.4, -0.2) is 39.0 Å². The highest BCUT2D eigenvalue weighted by molar-refractivity contribution is 6.31. The standard InChI is InChI=1S/C17H19ClN2O3/c1-11-8-13(17(22)23)5-7-20(11)16(21)10-19-6-4-12-2-3-14(18)9-15(12)19/h2-4,6,9,11,13H,5,7-8,10H2,1H3,(H,22,23)/t11-,13-/m1/s1. The second-order valence-corrected chi connectivity index (χ2v) is 6.58. The molecule has 2 aromatic rings. The van der Waals surface area contributed by atoms with Crippen molar-refractivity contribution >= 4 is 34.4 Å². The molecule has 0 aliphatic carbocycles. The quantitative estimate of drug-likeness (QED) is 0.938. The molecule has 1 amide bonds. The summed E-state index contributed by atoms with van der Waals surface area (Å²) in [5, 5.41) is 10.8. The molecule has 0 spiro atoms. The normalized spacial score (nSPS) is 21.6. The fourth-order valence-electron chi connectivity index (χ4n) is 3.30. The van der Waals surface area contributed by atoms with Gasteiger partial charge in [-0.1, -0.05) is 17.7 Å². The molecule has 1 N–H and O–H groups in total. The summed E-state index contributed by atoms with van der Waals surface area (Å²) in [6.45, 7) is 2.65. The highest BCUT2D eigenvalue weighted by Gasteiger charge is 2.32. The number of hydrogen-bond acceptors (Lipinski definition) is 2. The van der Waals surface area contributed by atoms with Crippen molar-refractivity contribution in [3.05, 3.63) is 35.5 Å². The zero-order valence-electron chi connectivity index (χ0n) is 12.9. The largest absolute Gasteiger partial charge is 0.481 e. The lowest BCUT2D eigenvalue weighted by atomic mass is 9.91. The highest BCUT2D eigenvalue weighted by atomic mass is 35.5. The Morgan fingerprint density at radius 2 is 2.13 bits per heavy atom. The van der Waals surface area contributed by atoms with Crippen LogP contribution in [0.2, 0.25) is 5.02 Å². The number of carbonyl (C=O) groups is 2. The molecule has 0 radical (unpaired) electrons. The van der Waals surface area contributed by atoms with Crippen molar-refractivity contribution in [2.24, 2.45) is 5.92 Å². The lowest BCUT2D eigenvalue weighted by Gasteiger charge is -2.36. The Bertz CT molecular complexity index is 755. The van der Waals surface area contributed by atoms with Crippen LogP contribution in [0.3, 0.4) is 0 Å². The molecular formula is C17H19ClN2O3. The van der Waals surface area contributed by atoms with E-state index in [1.165, 1.54) is 0 Å². The molecule has 1 aromatic carbocycles. The number of nitrogens with zero attached hydrogens (tertiary/aromatic N) is 2. The maximum Gasteiger partial charge on any atom is 0.306 e. The number of carbonyl (C=O) groups excluding carboxylic acids is 1. The number of aliphatic carboxylic acids is 1. The van der Waals surface area contributed by atoms with Crippen LogP contribution in [-0.2, 0) is 16.1 Å². The minimum atomic E-state index is -0.769. The van der Waals surface area contributed by atoms with Crippen LogP contribution in [0.1, 0.15) is 19.8 Å². The summed E-state index contributed by atoms with van der Waals surface area (Å²) in [4.78, 5) is 25.5. The van der Waals surface area contributed by atoms with Crippen LogP contribution < -0.4 is 0 Å². The Kier molecular flexibility index (Phi) is 4.31. The van der Waals surface area contributed by atoms with E-state index in [1.807, 2.05) is 42.0 Å². The first-order valence-electron chi connectivity index (χ1n) is 7.72. The average Bonchev–Trinajstić information content (AvgIpc) is 2.89. The molecule has 1 aliphatic heterocycles. The van der Waals surface area contributed by atoms with Gasteiger partial charge in [0.15, 0.2) is 0 Å². The van der Waals surface area contributed by atoms with Gasteiger partial charge in [-0.3, -0.25) is 9.59 Å². The van der Waals surface area contributed by atoms with Crippen molar-refractivity contribution in [2.45, 2.75) is 32.4 Å². The summed E-state index contributed by atoms with van der Waals surface area (Å²) in [6.07, 6.45) is 2.91. The van der Waals surface area contributed by atoms with Crippen LogP contribution in [0.25, 0.3) is 10.9 Å². The van der Waals surface area contributed by atoms with E-state index in [-0.39, 0.29) is 24.4 Å². The first-order chi connectivity index (χ1) is 11.0. The fourth-order valence-corrected chi connectivity index (χ4v) is 3.46. The Morgan fingerprint density at radius 1 is 1.35 bits per heavy atom. The zero-order chi connectivity index (χ0) is 16.6. The van der Waals surface area contributed by atoms with Crippen LogP contribution in [0.5, 0.6) is 0 Å². The number of halogens is 1. The zero-order valence-corrected chi connectivity index (χ0v) is 13.7. The predicted molar refractivity (Wildman–Crippen MR) is 88.5 cm³/mol. The monoisotopic (exact) mass is 334 g/mol. The number of carboxylic acid groups (broad SMARTS) is 1. The molecule has 122 valence electrons. The number of rotatable bonds is 3. The van der Waals surface area contributed by atoms with Crippen LogP contribution >= 0.6 is 11.6 Å². The summed E-state index contributed by atoms with van der Waals surface area (Å²) in [7, 11) is 0. The SMILES string of the molecule is C[C@@H]1C[C@H](C(=O)O)CCN1C(=O)Cn1ccc2ccc(Cl)cc21. The second kappa shape index (κ2) is 6.24. The molecule has 5 nitrogen and oxygen atoms in total. The topological polar surface area (TPSA) is 62.5 Å². The summed E-state index contributed by atoms with van der Waals surface area (Å²) in [5.74, 6) is -1.10. The Hall–Kier alpha value is -2.01. The Morgan fingerprint density at radius 3 is 2.83 bits per heavy atom. The number of likely N-dealkylation sites (tertiary alicyclic amines) is 1. The van der Waals surface area contributed by atoms with Gasteiger partial charge < -0.3 is 14.6 Å². The summed E-state index contributed by atoms with van der Waals surface area (Å²) in [5.41, 5.74) is 0.930. The van der Waals surface area contributed by atoms with Crippen molar-refractivity contribution in [2.75, 3.05) is 6.54 Å². The van der Waals surface area contributed by atoms with Gasteiger partial charge in [-0.15, -0.1) is 0 Å². The number of piperidine rings is 1. The molecule has 1 saturated heterocycles. The van der Waals surface area contributed by atoms with E-state index in [0.29, 0.717) is 24.4 Å². The molecule has 23 heavy (non-hydrogen) atoms. The molecule has 0 bridgehead atoms. The number of amides is 1. The summed E-state index contributed by atoms with van der Waals surface area (Å²) >= 11 is 6.04. The van der Waals surface area contributed by atoms with Gasteiger partial charge in [-0.05, 0) is 43.4 Å². The summed E-state index contributed by atoms with van der Waals surface area (Å²) in [6, 6.07) is 7.51. The minimum absolute atomic E-state index is 0.0128. The van der Waals surface area contributed by atoms with Gasteiger partial charge in [0.05, 0.1) is 5.92 Å². The van der Waals surface area contributed by atoms with E-state index < -0.39 is 5.97 Å². The predicted octanol–water partition coefficient (Wildman–Crippen LogP) is 3.01. The fraction of sp³-hybridized carbons (Fsp3) is 0.412. The second-order valence-electron chi connectivity index (χ2n) is 6.14. The smallest absolute Gasteiger partial charge is 0.306 e. The molecule has 2 heterocycles. The molecule has 1 aromatic heterocycles. The molecule has 0 saturated carbocycles. The number of aromatic nitrogens is 1. The first kappa shape index (κ1) is 15.9. The van der Waals surface area contributed by atoms with E-state index in [0.717, 1.165) is 10.9 Å². The van der Waals surface area contributed by atoms with Crippen LogP contribution in [0, 0.1) is 5.92 Å². The molecule has 0 unspecified atom stereocenters. The maximum atomic E-state index is 12.6. The molecular weight excluding hydrogens is 316 g/mol. The maximum absolute atomic E-state index is 12.6. The van der Waals surface area contributed by atoms with Gasteiger partial charge in [0.2, 0.25) is 5.91 Å². The highest BCUT2D eigenvalue weighted by Crippen LogP contribution is 2.24. The number of fused-ring (bicyclic) bond motifs is 1. The van der Waals surface area contributed by atoms with Gasteiger partial charge in [-0.2, -0.15) is 0 Å². The molecule has 6 heteroatoms. The van der Waals surface area contributed by atoms with Crippen molar-refractivity contribution in [3.8, 4) is 0 Å². The van der Waals surface area contributed by atoms with E-state index >= 15 is 0 Å². The van der Waals surface area contributed by atoms with Gasteiger partial charge in [0, 0.05) is 29.3 Å². The molecule has 1 aliphatic rings. The van der Waals surface area contributed by atoms with E-state index in [1.54, 1.807) is 4.90 Å². The van der Waals surface area contributed by atoms with Crippen molar-refractivity contribution in [1.82, 2.24) is 9.47 Å². The minimum Gasteiger partial charge on any atom is -0.481 e. The van der Waals surface area contributed by atoms with Crippen molar-refractivity contribution < 1.29 is 14.7 Å². The van der Waals surface area contributed by atoms with Gasteiger partial charge in [0.25, 0.3) is 0 Å². The van der Waals surface area contributed by atoms with Crippen molar-refractivity contribution in [3.63, 3.8) is 0 Å². The number of hydrogen-bond donors (Lipinski definition) is 1. The van der Waals surface area contributed by atoms with Gasteiger partial charge >= 0.3 is 5.97 Å². The third-order valence-electron chi connectivity index (χ3n) is 4.59. The van der Waals surface area contributed by atoms with Gasteiger partial charge in [0.1, 0.15) is 6.54 Å². The molecule has 2 atom stereocenters. The van der Waals surface area contributed by atoms with Crippen LogP contribution in [0.4, 0.5) is 0 Å². The Labute approximate surface area is 139 Å². The summed E-state index contributed by atoms with van der Waals surface area (Å²) < 4.78 is 1.89. The lowest BCUT2D eigenvalue weighted by Crippen LogP contribution is -2.47. The van der Waals surface area contributed by atoms with Crippen LogP contribution in [0.15, 0.2) is 30.5 Å². The van der Waals surface area contributed by atoms with E-state index in [2.05, 4.69) is 0 Å². The van der Waals surface area contributed by atoms with E-state index in [9.17, 15) is 9.59 Å².